The normalized spacial score (nSPS) is 11.6. The minimum absolute atomic E-state index is 0. The van der Waals surface area contributed by atoms with Gasteiger partial charge in [-0.05, 0) is 13.0 Å². The van der Waals surface area contributed by atoms with Crippen LogP contribution in [0.1, 0.15) is 18.5 Å². The van der Waals surface area contributed by atoms with E-state index in [-0.39, 0.29) is 18.4 Å². The number of para-hydroxylation sites is 1. The van der Waals surface area contributed by atoms with E-state index in [1.54, 1.807) is 0 Å². The van der Waals surface area contributed by atoms with E-state index in [0.717, 1.165) is 11.3 Å². The maximum atomic E-state index is 5.82. The van der Waals surface area contributed by atoms with Gasteiger partial charge in [0.2, 0.25) is 0 Å². The lowest BCUT2D eigenvalue weighted by Gasteiger charge is -2.14. The van der Waals surface area contributed by atoms with Crippen molar-refractivity contribution < 1.29 is 4.74 Å². The Bertz CT molecular complexity index is 268. The molecule has 0 spiro atoms. The molecule has 0 fully saturated rings. The van der Waals surface area contributed by atoms with Crippen molar-refractivity contribution in [3.63, 3.8) is 0 Å². The van der Waals surface area contributed by atoms with E-state index in [1.165, 1.54) is 0 Å². The Labute approximate surface area is 90.8 Å². The fraction of sp³-hybridized carbons (Fsp3) is 0.400. The number of hydrogen-bond acceptors (Lipinski definition) is 3. The highest BCUT2D eigenvalue weighted by atomic mass is 35.5. The van der Waals surface area contributed by atoms with Crippen molar-refractivity contribution in [3.05, 3.63) is 29.8 Å². The summed E-state index contributed by atoms with van der Waals surface area (Å²) in [7, 11) is 0. The first-order chi connectivity index (χ1) is 6.29. The average Bonchev–Trinajstić information content (AvgIpc) is 2.18. The van der Waals surface area contributed by atoms with Gasteiger partial charge in [-0.15, -0.1) is 12.4 Å². The quantitative estimate of drug-likeness (QED) is 0.801. The Morgan fingerprint density at radius 1 is 1.36 bits per heavy atom. The van der Waals surface area contributed by atoms with E-state index in [4.69, 9.17) is 16.2 Å². The number of halogens is 1. The van der Waals surface area contributed by atoms with Crippen LogP contribution in [0, 0.1) is 0 Å². The van der Waals surface area contributed by atoms with Gasteiger partial charge in [0.05, 0.1) is 6.61 Å². The second-order valence-electron chi connectivity index (χ2n) is 2.81. The number of nitrogens with two attached hydrogens (primary N) is 2. The van der Waals surface area contributed by atoms with Crippen LogP contribution < -0.4 is 16.2 Å². The molecular formula is C10H17ClN2O. The third-order valence-electron chi connectivity index (χ3n) is 1.87. The van der Waals surface area contributed by atoms with Gasteiger partial charge in [0.1, 0.15) is 5.75 Å². The molecule has 0 radical (unpaired) electrons. The maximum Gasteiger partial charge on any atom is 0.124 e. The Morgan fingerprint density at radius 3 is 2.57 bits per heavy atom. The van der Waals surface area contributed by atoms with Crippen molar-refractivity contribution in [3.8, 4) is 5.75 Å². The molecule has 80 valence electrons. The SMILES string of the molecule is CCOc1ccccc1[C@H](N)CN.Cl. The van der Waals surface area contributed by atoms with Gasteiger partial charge in [0.25, 0.3) is 0 Å². The zero-order chi connectivity index (χ0) is 9.68. The highest BCUT2D eigenvalue weighted by molar-refractivity contribution is 5.85. The standard InChI is InChI=1S/C10H16N2O.ClH/c1-2-13-10-6-4-3-5-8(10)9(12)7-11;/h3-6,9H,2,7,11-12H2,1H3;1H/t9-;/m1./s1. The summed E-state index contributed by atoms with van der Waals surface area (Å²) < 4.78 is 5.42. The van der Waals surface area contributed by atoms with E-state index in [0.29, 0.717) is 13.2 Å². The topological polar surface area (TPSA) is 61.3 Å². The fourth-order valence-electron chi connectivity index (χ4n) is 1.20. The highest BCUT2D eigenvalue weighted by Crippen LogP contribution is 2.22. The molecule has 0 amide bonds. The average molecular weight is 217 g/mol. The van der Waals surface area contributed by atoms with Gasteiger partial charge in [0.15, 0.2) is 0 Å². The van der Waals surface area contributed by atoms with Gasteiger partial charge in [-0.2, -0.15) is 0 Å². The van der Waals surface area contributed by atoms with Crippen LogP contribution in [0.3, 0.4) is 0 Å². The molecule has 1 aromatic carbocycles. The predicted molar refractivity (Wildman–Crippen MR) is 60.8 cm³/mol. The highest BCUT2D eigenvalue weighted by Gasteiger charge is 2.08. The molecule has 0 aromatic heterocycles. The lowest BCUT2D eigenvalue weighted by atomic mass is 10.1. The molecule has 14 heavy (non-hydrogen) atoms. The molecule has 0 aliphatic rings. The Morgan fingerprint density at radius 2 is 2.00 bits per heavy atom. The van der Waals surface area contributed by atoms with Crippen LogP contribution in [-0.4, -0.2) is 13.2 Å². The molecule has 4 N–H and O–H groups in total. The van der Waals surface area contributed by atoms with Crippen molar-refractivity contribution in [1.82, 2.24) is 0 Å². The molecule has 4 heteroatoms. The third-order valence-corrected chi connectivity index (χ3v) is 1.87. The molecule has 1 aromatic rings. The van der Waals surface area contributed by atoms with Crippen LogP contribution in [0.25, 0.3) is 0 Å². The molecule has 0 aliphatic carbocycles. The lowest BCUT2D eigenvalue weighted by Crippen LogP contribution is -2.21. The molecule has 3 nitrogen and oxygen atoms in total. The second-order valence-corrected chi connectivity index (χ2v) is 2.81. The molecule has 0 saturated carbocycles. The summed E-state index contributed by atoms with van der Waals surface area (Å²) >= 11 is 0. The van der Waals surface area contributed by atoms with E-state index >= 15 is 0 Å². The molecule has 0 heterocycles. The van der Waals surface area contributed by atoms with Crippen LogP contribution in [0.4, 0.5) is 0 Å². The smallest absolute Gasteiger partial charge is 0.124 e. The second kappa shape index (κ2) is 6.65. The van der Waals surface area contributed by atoms with E-state index in [2.05, 4.69) is 0 Å². The minimum atomic E-state index is -0.136. The molecule has 0 unspecified atom stereocenters. The van der Waals surface area contributed by atoms with Gasteiger partial charge in [-0.25, -0.2) is 0 Å². The van der Waals surface area contributed by atoms with Crippen molar-refractivity contribution in [1.29, 1.82) is 0 Å². The summed E-state index contributed by atoms with van der Waals surface area (Å²) in [4.78, 5) is 0. The monoisotopic (exact) mass is 216 g/mol. The maximum absolute atomic E-state index is 5.82. The number of hydrogen-bond donors (Lipinski definition) is 2. The van der Waals surface area contributed by atoms with E-state index < -0.39 is 0 Å². The van der Waals surface area contributed by atoms with Crippen molar-refractivity contribution in [2.24, 2.45) is 11.5 Å². The Balaban J connectivity index is 0.00000169. The molecule has 1 rings (SSSR count). The van der Waals surface area contributed by atoms with Crippen molar-refractivity contribution in [2.75, 3.05) is 13.2 Å². The summed E-state index contributed by atoms with van der Waals surface area (Å²) in [5, 5.41) is 0. The molecule has 1 atom stereocenters. The van der Waals surface area contributed by atoms with Gasteiger partial charge < -0.3 is 16.2 Å². The molecule has 0 aliphatic heterocycles. The van der Waals surface area contributed by atoms with Crippen LogP contribution in [-0.2, 0) is 0 Å². The Kier molecular flexibility index (Phi) is 6.28. The van der Waals surface area contributed by atoms with Crippen LogP contribution in [0.5, 0.6) is 5.75 Å². The van der Waals surface area contributed by atoms with Crippen LogP contribution in [0.15, 0.2) is 24.3 Å². The van der Waals surface area contributed by atoms with Crippen molar-refractivity contribution in [2.45, 2.75) is 13.0 Å². The number of benzene rings is 1. The molecule has 0 saturated heterocycles. The molecular weight excluding hydrogens is 200 g/mol. The first kappa shape index (κ1) is 13.2. The minimum Gasteiger partial charge on any atom is -0.494 e. The zero-order valence-corrected chi connectivity index (χ0v) is 9.09. The first-order valence-electron chi connectivity index (χ1n) is 4.47. The summed E-state index contributed by atoms with van der Waals surface area (Å²) in [5.41, 5.74) is 12.3. The third kappa shape index (κ3) is 3.18. The fourth-order valence-corrected chi connectivity index (χ4v) is 1.20. The van der Waals surface area contributed by atoms with Crippen LogP contribution >= 0.6 is 12.4 Å². The summed E-state index contributed by atoms with van der Waals surface area (Å²) in [5.74, 6) is 0.836. The van der Waals surface area contributed by atoms with Gasteiger partial charge in [0, 0.05) is 18.2 Å². The van der Waals surface area contributed by atoms with Gasteiger partial charge in [-0.3, -0.25) is 0 Å². The molecule has 0 bridgehead atoms. The van der Waals surface area contributed by atoms with E-state index in [1.807, 2.05) is 31.2 Å². The Hall–Kier alpha value is -0.770. The number of rotatable bonds is 4. The van der Waals surface area contributed by atoms with Gasteiger partial charge in [-0.1, -0.05) is 18.2 Å². The predicted octanol–water partition coefficient (Wildman–Crippen LogP) is 1.47. The van der Waals surface area contributed by atoms with Crippen molar-refractivity contribution >= 4 is 12.4 Å². The van der Waals surface area contributed by atoms with Gasteiger partial charge >= 0.3 is 0 Å². The summed E-state index contributed by atoms with van der Waals surface area (Å²) in [6.07, 6.45) is 0. The lowest BCUT2D eigenvalue weighted by molar-refractivity contribution is 0.334. The number of ether oxygens (including phenoxy) is 1. The first-order valence-corrected chi connectivity index (χ1v) is 4.47. The zero-order valence-electron chi connectivity index (χ0n) is 8.27. The van der Waals surface area contributed by atoms with E-state index in [9.17, 15) is 0 Å². The van der Waals surface area contributed by atoms with Crippen LogP contribution in [0.2, 0.25) is 0 Å². The largest absolute Gasteiger partial charge is 0.494 e. The summed E-state index contributed by atoms with van der Waals surface area (Å²) in [6.45, 7) is 3.03. The summed E-state index contributed by atoms with van der Waals surface area (Å²) in [6, 6.07) is 7.59.